The van der Waals surface area contributed by atoms with E-state index in [1.54, 1.807) is 0 Å². The summed E-state index contributed by atoms with van der Waals surface area (Å²) in [7, 11) is 0. The summed E-state index contributed by atoms with van der Waals surface area (Å²) in [6.45, 7) is 0. The average molecular weight is 196 g/mol. The quantitative estimate of drug-likeness (QED) is 0.477. The molecule has 0 fully saturated rings. The van der Waals surface area contributed by atoms with Gasteiger partial charge in [-0.05, 0) is 25.2 Å². The van der Waals surface area contributed by atoms with Crippen molar-refractivity contribution in [3.63, 3.8) is 0 Å². The maximum absolute atomic E-state index is 10.2. The molecule has 1 unspecified atom stereocenters. The molecule has 2 heteroatoms. The van der Waals surface area contributed by atoms with E-state index in [2.05, 4.69) is 12.2 Å². The lowest BCUT2D eigenvalue weighted by molar-refractivity contribution is -0.137. The molecule has 0 saturated carbocycles. The van der Waals surface area contributed by atoms with Crippen LogP contribution in [-0.4, -0.2) is 11.1 Å². The molecule has 2 nitrogen and oxygen atoms in total. The Labute approximate surface area is 86.0 Å². The van der Waals surface area contributed by atoms with Gasteiger partial charge >= 0.3 is 5.97 Å². The monoisotopic (exact) mass is 196 g/mol. The SMILES string of the molecule is O=C(O)CCCCCCCC1C=CC1. The smallest absolute Gasteiger partial charge is 0.303 e. The molecular formula is C12H20O2. The van der Waals surface area contributed by atoms with Crippen molar-refractivity contribution in [3.8, 4) is 0 Å². The molecular weight excluding hydrogens is 176 g/mol. The van der Waals surface area contributed by atoms with Gasteiger partial charge in [-0.25, -0.2) is 0 Å². The lowest BCUT2D eigenvalue weighted by Crippen LogP contribution is -2.02. The number of carboxylic acid groups (broad SMARTS) is 1. The third-order valence-electron chi connectivity index (χ3n) is 2.81. The average Bonchev–Trinajstić information content (AvgIpc) is 2.06. The van der Waals surface area contributed by atoms with E-state index in [-0.39, 0.29) is 0 Å². The van der Waals surface area contributed by atoms with Crippen LogP contribution in [0.15, 0.2) is 12.2 Å². The fourth-order valence-electron chi connectivity index (χ4n) is 1.76. The molecule has 0 aromatic rings. The molecule has 0 radical (unpaired) electrons. The first kappa shape index (κ1) is 11.3. The zero-order valence-corrected chi connectivity index (χ0v) is 8.74. The molecule has 0 aliphatic heterocycles. The van der Waals surface area contributed by atoms with Gasteiger partial charge in [0, 0.05) is 6.42 Å². The van der Waals surface area contributed by atoms with E-state index >= 15 is 0 Å². The number of carboxylic acids is 1. The van der Waals surface area contributed by atoms with E-state index in [4.69, 9.17) is 5.11 Å². The van der Waals surface area contributed by atoms with Gasteiger partial charge in [0.25, 0.3) is 0 Å². The van der Waals surface area contributed by atoms with Crippen molar-refractivity contribution in [2.45, 2.75) is 51.4 Å². The molecule has 1 atom stereocenters. The maximum atomic E-state index is 10.2. The van der Waals surface area contributed by atoms with Gasteiger partial charge in [0.15, 0.2) is 0 Å². The first-order chi connectivity index (χ1) is 6.79. The van der Waals surface area contributed by atoms with Crippen LogP contribution < -0.4 is 0 Å². The highest BCUT2D eigenvalue weighted by Gasteiger charge is 2.08. The van der Waals surface area contributed by atoms with E-state index in [1.165, 1.54) is 32.1 Å². The minimum atomic E-state index is -0.662. The lowest BCUT2D eigenvalue weighted by Gasteiger charge is -2.16. The number of rotatable bonds is 8. The molecule has 1 rings (SSSR count). The predicted molar refractivity (Wildman–Crippen MR) is 57.2 cm³/mol. The van der Waals surface area contributed by atoms with Gasteiger partial charge in [-0.1, -0.05) is 37.8 Å². The van der Waals surface area contributed by atoms with E-state index in [1.807, 2.05) is 0 Å². The van der Waals surface area contributed by atoms with Gasteiger partial charge in [0.1, 0.15) is 0 Å². The topological polar surface area (TPSA) is 37.3 Å². The predicted octanol–water partition coefficient (Wildman–Crippen LogP) is 3.38. The summed E-state index contributed by atoms with van der Waals surface area (Å²) in [5.41, 5.74) is 0. The summed E-state index contributed by atoms with van der Waals surface area (Å²) in [5.74, 6) is 0.193. The van der Waals surface area contributed by atoms with Crippen LogP contribution in [0.1, 0.15) is 51.4 Å². The second-order valence-corrected chi connectivity index (χ2v) is 4.12. The molecule has 0 spiro atoms. The standard InChI is InChI=1S/C12H20O2/c13-12(14)10-5-3-1-2-4-7-11-8-6-9-11/h6,8,11H,1-5,7,9-10H2,(H,13,14). The van der Waals surface area contributed by atoms with Gasteiger partial charge in [0.2, 0.25) is 0 Å². The zero-order valence-electron chi connectivity index (χ0n) is 8.74. The number of carbonyl (C=O) groups is 1. The summed E-state index contributed by atoms with van der Waals surface area (Å²) in [5, 5.41) is 8.42. The number of aliphatic carboxylic acids is 1. The maximum Gasteiger partial charge on any atom is 0.303 e. The first-order valence-electron chi connectivity index (χ1n) is 5.67. The molecule has 0 amide bonds. The van der Waals surface area contributed by atoms with Crippen molar-refractivity contribution in [3.05, 3.63) is 12.2 Å². The Kier molecular flexibility index (Phi) is 5.35. The van der Waals surface area contributed by atoms with E-state index < -0.39 is 5.97 Å². The van der Waals surface area contributed by atoms with Crippen LogP contribution >= 0.6 is 0 Å². The molecule has 80 valence electrons. The highest BCUT2D eigenvalue weighted by atomic mass is 16.4. The fourth-order valence-corrected chi connectivity index (χ4v) is 1.76. The van der Waals surface area contributed by atoms with Crippen LogP contribution in [0.4, 0.5) is 0 Å². The van der Waals surface area contributed by atoms with Crippen molar-refractivity contribution in [1.82, 2.24) is 0 Å². The molecule has 1 N–H and O–H groups in total. The molecule has 0 heterocycles. The molecule has 14 heavy (non-hydrogen) atoms. The van der Waals surface area contributed by atoms with Crippen molar-refractivity contribution in [2.24, 2.45) is 5.92 Å². The summed E-state index contributed by atoms with van der Waals surface area (Å²) < 4.78 is 0. The van der Waals surface area contributed by atoms with Crippen LogP contribution in [0.2, 0.25) is 0 Å². The summed E-state index contributed by atoms with van der Waals surface area (Å²) >= 11 is 0. The summed E-state index contributed by atoms with van der Waals surface area (Å²) in [4.78, 5) is 10.2. The highest BCUT2D eigenvalue weighted by molar-refractivity contribution is 5.66. The Morgan fingerprint density at radius 1 is 1.21 bits per heavy atom. The Hall–Kier alpha value is -0.790. The molecule has 0 aromatic heterocycles. The third-order valence-corrected chi connectivity index (χ3v) is 2.81. The van der Waals surface area contributed by atoms with Crippen molar-refractivity contribution in [2.75, 3.05) is 0 Å². The van der Waals surface area contributed by atoms with Crippen LogP contribution in [0.25, 0.3) is 0 Å². The van der Waals surface area contributed by atoms with Gasteiger partial charge in [-0.3, -0.25) is 4.79 Å². The van der Waals surface area contributed by atoms with Crippen molar-refractivity contribution in [1.29, 1.82) is 0 Å². The number of hydrogen-bond acceptors (Lipinski definition) is 1. The Morgan fingerprint density at radius 3 is 2.43 bits per heavy atom. The fraction of sp³-hybridized carbons (Fsp3) is 0.750. The van der Waals surface area contributed by atoms with Gasteiger partial charge in [-0.2, -0.15) is 0 Å². The van der Waals surface area contributed by atoms with E-state index in [9.17, 15) is 4.79 Å². The number of hydrogen-bond donors (Lipinski definition) is 1. The van der Waals surface area contributed by atoms with Gasteiger partial charge in [0.05, 0.1) is 0 Å². The minimum absolute atomic E-state index is 0.339. The molecule has 1 aliphatic rings. The normalized spacial score (nSPS) is 19.3. The second-order valence-electron chi connectivity index (χ2n) is 4.12. The minimum Gasteiger partial charge on any atom is -0.481 e. The Morgan fingerprint density at radius 2 is 1.86 bits per heavy atom. The van der Waals surface area contributed by atoms with Crippen LogP contribution in [-0.2, 0) is 4.79 Å². The molecule has 0 saturated heterocycles. The van der Waals surface area contributed by atoms with Crippen LogP contribution in [0.3, 0.4) is 0 Å². The summed E-state index contributed by atoms with van der Waals surface area (Å²) in [6, 6.07) is 0. The van der Waals surface area contributed by atoms with Crippen LogP contribution in [0.5, 0.6) is 0 Å². The largest absolute Gasteiger partial charge is 0.481 e. The van der Waals surface area contributed by atoms with Crippen molar-refractivity contribution >= 4 is 5.97 Å². The Balaban J connectivity index is 1.75. The molecule has 1 aliphatic carbocycles. The zero-order chi connectivity index (χ0) is 10.2. The lowest BCUT2D eigenvalue weighted by atomic mass is 9.90. The van der Waals surface area contributed by atoms with E-state index in [0.29, 0.717) is 6.42 Å². The first-order valence-corrected chi connectivity index (χ1v) is 5.67. The second kappa shape index (κ2) is 6.63. The molecule has 0 bridgehead atoms. The van der Waals surface area contributed by atoms with Crippen LogP contribution in [0, 0.1) is 5.92 Å². The highest BCUT2D eigenvalue weighted by Crippen LogP contribution is 2.23. The third kappa shape index (κ3) is 5.05. The van der Waals surface area contributed by atoms with Crippen molar-refractivity contribution < 1.29 is 9.90 Å². The molecule has 0 aromatic carbocycles. The van der Waals surface area contributed by atoms with E-state index in [0.717, 1.165) is 18.8 Å². The number of unbranched alkanes of at least 4 members (excludes halogenated alkanes) is 4. The van der Waals surface area contributed by atoms with Gasteiger partial charge in [-0.15, -0.1) is 0 Å². The Bertz CT molecular complexity index is 196. The number of allylic oxidation sites excluding steroid dienone is 2. The van der Waals surface area contributed by atoms with Gasteiger partial charge < -0.3 is 5.11 Å². The summed E-state index contributed by atoms with van der Waals surface area (Å²) in [6.07, 6.45) is 13.2.